The van der Waals surface area contributed by atoms with Crippen LogP contribution < -0.4 is 4.74 Å². The van der Waals surface area contributed by atoms with E-state index in [9.17, 15) is 9.18 Å². The first-order chi connectivity index (χ1) is 8.49. The molecule has 0 amide bonds. The molecule has 0 atom stereocenters. The standard InChI is InChI=1S/C13H13FN2O2/c1-8-7-12(16(3)15-8)18-13-10(9(2)17)5-4-6-11(13)14/h4-7H,1-3H3. The van der Waals surface area contributed by atoms with E-state index < -0.39 is 5.82 Å². The van der Waals surface area contributed by atoms with Crippen LogP contribution in [0.25, 0.3) is 0 Å². The summed E-state index contributed by atoms with van der Waals surface area (Å²) >= 11 is 0. The lowest BCUT2D eigenvalue weighted by atomic mass is 10.1. The average Bonchev–Trinajstić information content (AvgIpc) is 2.60. The second kappa shape index (κ2) is 4.60. The van der Waals surface area contributed by atoms with Crippen LogP contribution in [-0.4, -0.2) is 15.6 Å². The van der Waals surface area contributed by atoms with Gasteiger partial charge in [0.15, 0.2) is 17.3 Å². The van der Waals surface area contributed by atoms with Crippen LogP contribution >= 0.6 is 0 Å². The summed E-state index contributed by atoms with van der Waals surface area (Å²) in [7, 11) is 1.69. The van der Waals surface area contributed by atoms with Crippen molar-refractivity contribution in [1.29, 1.82) is 0 Å². The van der Waals surface area contributed by atoms with E-state index in [1.54, 1.807) is 20.0 Å². The summed E-state index contributed by atoms with van der Waals surface area (Å²) < 4.78 is 20.7. The molecule has 0 aliphatic rings. The van der Waals surface area contributed by atoms with Gasteiger partial charge >= 0.3 is 0 Å². The molecule has 1 heterocycles. The van der Waals surface area contributed by atoms with Crippen molar-refractivity contribution in [3.63, 3.8) is 0 Å². The second-order valence-electron chi connectivity index (χ2n) is 4.02. The molecule has 0 bridgehead atoms. The number of nitrogens with zero attached hydrogens (tertiary/aromatic N) is 2. The molecule has 1 aromatic carbocycles. The van der Waals surface area contributed by atoms with E-state index in [1.807, 2.05) is 0 Å². The van der Waals surface area contributed by atoms with Crippen molar-refractivity contribution in [2.45, 2.75) is 13.8 Å². The number of hydrogen-bond donors (Lipinski definition) is 0. The summed E-state index contributed by atoms with van der Waals surface area (Å²) in [5.74, 6) is -0.488. The van der Waals surface area contributed by atoms with Gasteiger partial charge in [-0.05, 0) is 26.0 Å². The first-order valence-electron chi connectivity index (χ1n) is 5.47. The number of aromatic nitrogens is 2. The number of para-hydroxylation sites is 1. The van der Waals surface area contributed by atoms with E-state index >= 15 is 0 Å². The lowest BCUT2D eigenvalue weighted by molar-refractivity contribution is 0.101. The van der Waals surface area contributed by atoms with Crippen LogP contribution in [0.1, 0.15) is 23.0 Å². The van der Waals surface area contributed by atoms with E-state index in [4.69, 9.17) is 4.74 Å². The van der Waals surface area contributed by atoms with Crippen molar-refractivity contribution in [3.8, 4) is 11.6 Å². The number of halogens is 1. The minimum atomic E-state index is -0.568. The number of carbonyl (C=O) groups is 1. The van der Waals surface area contributed by atoms with Crippen molar-refractivity contribution >= 4 is 5.78 Å². The molecule has 0 radical (unpaired) electrons. The molecule has 2 rings (SSSR count). The molecule has 0 aliphatic heterocycles. The Bertz CT molecular complexity index is 605. The Balaban J connectivity index is 2.45. The van der Waals surface area contributed by atoms with Crippen LogP contribution in [0.15, 0.2) is 24.3 Å². The van der Waals surface area contributed by atoms with Crippen molar-refractivity contribution in [2.75, 3.05) is 0 Å². The minimum absolute atomic E-state index is 0.0620. The number of rotatable bonds is 3. The molecule has 0 spiro atoms. The third-order valence-corrected chi connectivity index (χ3v) is 2.51. The molecule has 0 saturated heterocycles. The maximum absolute atomic E-state index is 13.7. The number of ether oxygens (including phenoxy) is 1. The first-order valence-corrected chi connectivity index (χ1v) is 5.47. The van der Waals surface area contributed by atoms with Crippen LogP contribution in [-0.2, 0) is 7.05 Å². The molecule has 2 aromatic rings. The fraction of sp³-hybridized carbons (Fsp3) is 0.231. The Morgan fingerprint density at radius 1 is 1.44 bits per heavy atom. The van der Waals surface area contributed by atoms with Crippen molar-refractivity contribution in [1.82, 2.24) is 9.78 Å². The molecular formula is C13H13FN2O2. The van der Waals surface area contributed by atoms with E-state index in [1.165, 1.54) is 29.8 Å². The highest BCUT2D eigenvalue weighted by atomic mass is 19.1. The molecule has 0 unspecified atom stereocenters. The number of benzene rings is 1. The fourth-order valence-electron chi connectivity index (χ4n) is 1.68. The van der Waals surface area contributed by atoms with Gasteiger partial charge in [0, 0.05) is 13.1 Å². The van der Waals surface area contributed by atoms with Gasteiger partial charge in [-0.25, -0.2) is 9.07 Å². The lowest BCUT2D eigenvalue weighted by Crippen LogP contribution is -2.02. The second-order valence-corrected chi connectivity index (χ2v) is 4.02. The highest BCUT2D eigenvalue weighted by Gasteiger charge is 2.16. The Morgan fingerprint density at radius 3 is 2.72 bits per heavy atom. The van der Waals surface area contributed by atoms with Crippen LogP contribution in [0.3, 0.4) is 0 Å². The summed E-state index contributed by atoms with van der Waals surface area (Å²) in [6.07, 6.45) is 0. The largest absolute Gasteiger partial charge is 0.435 e. The SMILES string of the molecule is CC(=O)c1cccc(F)c1Oc1cc(C)nn1C. The Morgan fingerprint density at radius 2 is 2.17 bits per heavy atom. The van der Waals surface area contributed by atoms with E-state index in [2.05, 4.69) is 5.10 Å². The molecule has 0 fully saturated rings. The number of aryl methyl sites for hydroxylation is 2. The van der Waals surface area contributed by atoms with Crippen LogP contribution in [0.4, 0.5) is 4.39 Å². The number of hydrogen-bond acceptors (Lipinski definition) is 3. The highest BCUT2D eigenvalue weighted by Crippen LogP contribution is 2.28. The quantitative estimate of drug-likeness (QED) is 0.784. The fourth-order valence-corrected chi connectivity index (χ4v) is 1.68. The van der Waals surface area contributed by atoms with Crippen LogP contribution in [0, 0.1) is 12.7 Å². The molecule has 94 valence electrons. The predicted octanol–water partition coefficient (Wildman–Crippen LogP) is 2.86. The first kappa shape index (κ1) is 12.3. The molecule has 0 N–H and O–H groups in total. The zero-order valence-electron chi connectivity index (χ0n) is 10.4. The van der Waals surface area contributed by atoms with Gasteiger partial charge in [0.1, 0.15) is 0 Å². The smallest absolute Gasteiger partial charge is 0.217 e. The number of Topliss-reactive ketones (excluding diaryl/α,β-unsaturated/α-hetero) is 1. The van der Waals surface area contributed by atoms with Gasteiger partial charge in [-0.1, -0.05) is 6.07 Å². The molecule has 0 saturated carbocycles. The third-order valence-electron chi connectivity index (χ3n) is 2.51. The minimum Gasteiger partial charge on any atom is -0.435 e. The zero-order valence-corrected chi connectivity index (χ0v) is 10.4. The topological polar surface area (TPSA) is 44.1 Å². The van der Waals surface area contributed by atoms with Crippen molar-refractivity contribution in [2.24, 2.45) is 7.05 Å². The van der Waals surface area contributed by atoms with Gasteiger partial charge in [-0.3, -0.25) is 4.79 Å². The Kier molecular flexibility index (Phi) is 3.14. The van der Waals surface area contributed by atoms with Crippen molar-refractivity contribution < 1.29 is 13.9 Å². The molecule has 5 heteroatoms. The molecule has 0 aliphatic carbocycles. The van der Waals surface area contributed by atoms with E-state index in [-0.39, 0.29) is 17.1 Å². The average molecular weight is 248 g/mol. The number of carbonyl (C=O) groups excluding carboxylic acids is 1. The molecule has 4 nitrogen and oxygen atoms in total. The van der Waals surface area contributed by atoms with Gasteiger partial charge < -0.3 is 4.74 Å². The lowest BCUT2D eigenvalue weighted by Gasteiger charge is -2.09. The zero-order chi connectivity index (χ0) is 13.3. The van der Waals surface area contributed by atoms with Gasteiger partial charge in [0.25, 0.3) is 0 Å². The Labute approximate surface area is 104 Å². The monoisotopic (exact) mass is 248 g/mol. The highest BCUT2D eigenvalue weighted by molar-refractivity contribution is 5.96. The van der Waals surface area contributed by atoms with E-state index in [0.29, 0.717) is 5.88 Å². The van der Waals surface area contributed by atoms with Gasteiger partial charge in [0.05, 0.1) is 11.3 Å². The van der Waals surface area contributed by atoms with E-state index in [0.717, 1.165) is 5.69 Å². The third kappa shape index (κ3) is 2.25. The van der Waals surface area contributed by atoms with Crippen molar-refractivity contribution in [3.05, 3.63) is 41.3 Å². The van der Waals surface area contributed by atoms with Gasteiger partial charge in [0.2, 0.25) is 5.88 Å². The summed E-state index contributed by atoms with van der Waals surface area (Å²) in [5.41, 5.74) is 0.974. The summed E-state index contributed by atoms with van der Waals surface area (Å²) in [6, 6.07) is 5.94. The summed E-state index contributed by atoms with van der Waals surface area (Å²) in [5, 5.41) is 4.10. The maximum atomic E-state index is 13.7. The van der Waals surface area contributed by atoms with Crippen LogP contribution in [0.2, 0.25) is 0 Å². The molecular weight excluding hydrogens is 235 g/mol. The van der Waals surface area contributed by atoms with Crippen LogP contribution in [0.5, 0.6) is 11.6 Å². The van der Waals surface area contributed by atoms with Gasteiger partial charge in [-0.15, -0.1) is 0 Å². The Hall–Kier alpha value is -2.17. The maximum Gasteiger partial charge on any atom is 0.217 e. The van der Waals surface area contributed by atoms with Gasteiger partial charge in [-0.2, -0.15) is 5.10 Å². The number of ketones is 1. The summed E-state index contributed by atoms with van der Waals surface area (Å²) in [4.78, 5) is 11.4. The summed E-state index contributed by atoms with van der Waals surface area (Å²) in [6.45, 7) is 3.18. The normalized spacial score (nSPS) is 10.4. The molecule has 18 heavy (non-hydrogen) atoms. The predicted molar refractivity (Wildman–Crippen MR) is 64.4 cm³/mol. The molecule has 1 aromatic heterocycles.